The van der Waals surface area contributed by atoms with E-state index in [0.29, 0.717) is 0 Å². The molecule has 0 saturated heterocycles. The molecule has 116 valence electrons. The largest absolute Gasteiger partial charge is 0.461 e. The van der Waals surface area contributed by atoms with Crippen LogP contribution < -0.4 is 15.6 Å². The van der Waals surface area contributed by atoms with Gasteiger partial charge in [-0.25, -0.2) is 4.39 Å². The van der Waals surface area contributed by atoms with Gasteiger partial charge in [0.2, 0.25) is 0 Å². The van der Waals surface area contributed by atoms with Gasteiger partial charge in [0.25, 0.3) is 11.5 Å². The van der Waals surface area contributed by atoms with Crippen molar-refractivity contribution in [2.75, 3.05) is 13.9 Å². The van der Waals surface area contributed by atoms with Gasteiger partial charge >= 0.3 is 0 Å². The summed E-state index contributed by atoms with van der Waals surface area (Å²) < 4.78 is 22.7. The third-order valence-corrected chi connectivity index (χ3v) is 2.85. The number of carbonyl (C=O) groups is 1. The van der Waals surface area contributed by atoms with Crippen molar-refractivity contribution in [3.05, 3.63) is 63.8 Å². The van der Waals surface area contributed by atoms with Gasteiger partial charge in [-0.1, -0.05) is 12.1 Å². The molecule has 1 aromatic carbocycles. The first-order valence-electron chi connectivity index (χ1n) is 6.48. The van der Waals surface area contributed by atoms with Gasteiger partial charge in [0.05, 0.1) is 5.56 Å². The van der Waals surface area contributed by atoms with E-state index in [2.05, 4.69) is 10.3 Å². The lowest BCUT2D eigenvalue weighted by Gasteiger charge is -2.10. The second-order valence-corrected chi connectivity index (χ2v) is 4.41. The number of H-pyrrole nitrogens is 1. The lowest BCUT2D eigenvalue weighted by atomic mass is 10.2. The number of methoxy groups -OCH3 is 1. The minimum Gasteiger partial charge on any atom is -0.461 e. The number of hydrogen-bond acceptors (Lipinski definition) is 4. The highest BCUT2D eigenvalue weighted by Crippen LogP contribution is 2.12. The van der Waals surface area contributed by atoms with Crippen molar-refractivity contribution in [3.8, 4) is 5.75 Å². The summed E-state index contributed by atoms with van der Waals surface area (Å²) in [5.41, 5.74) is 0.313. The van der Waals surface area contributed by atoms with Gasteiger partial charge in [-0.15, -0.1) is 0 Å². The van der Waals surface area contributed by atoms with Gasteiger partial charge in [0.1, 0.15) is 5.82 Å². The number of carbonyl (C=O) groups excluding carboxylic acids is 1. The topological polar surface area (TPSA) is 80.4 Å². The van der Waals surface area contributed by atoms with E-state index >= 15 is 0 Å². The normalized spacial score (nSPS) is 10.3. The summed E-state index contributed by atoms with van der Waals surface area (Å²) in [6.45, 7) is 0.0565. The fourth-order valence-corrected chi connectivity index (χ4v) is 1.78. The minimum atomic E-state index is -0.522. The molecular formula is C15H15FN2O4. The molecule has 0 radical (unpaired) electrons. The van der Waals surface area contributed by atoms with Gasteiger partial charge in [-0.3, -0.25) is 9.59 Å². The van der Waals surface area contributed by atoms with Gasteiger partial charge < -0.3 is 19.8 Å². The zero-order valence-electron chi connectivity index (χ0n) is 11.9. The smallest absolute Gasteiger partial charge is 0.291 e. The zero-order chi connectivity index (χ0) is 15.9. The Bertz CT molecular complexity index is 697. The van der Waals surface area contributed by atoms with Crippen LogP contribution in [-0.4, -0.2) is 24.8 Å². The summed E-state index contributed by atoms with van der Waals surface area (Å²) in [5, 5.41) is 2.64. The van der Waals surface area contributed by atoms with E-state index in [1.807, 2.05) is 0 Å². The molecule has 7 heteroatoms. The Morgan fingerprint density at radius 2 is 2.00 bits per heavy atom. The van der Waals surface area contributed by atoms with Crippen molar-refractivity contribution in [2.24, 2.45) is 0 Å². The molecule has 0 saturated carbocycles. The zero-order valence-corrected chi connectivity index (χ0v) is 11.9. The van der Waals surface area contributed by atoms with Crippen LogP contribution >= 0.6 is 0 Å². The molecule has 0 bridgehead atoms. The summed E-state index contributed by atoms with van der Waals surface area (Å²) in [7, 11) is 1.41. The molecule has 6 nitrogen and oxygen atoms in total. The van der Waals surface area contributed by atoms with Crippen molar-refractivity contribution < 1.29 is 18.7 Å². The Balaban J connectivity index is 2.10. The van der Waals surface area contributed by atoms with E-state index in [4.69, 9.17) is 9.47 Å². The van der Waals surface area contributed by atoms with Crippen molar-refractivity contribution in [1.82, 2.24) is 10.3 Å². The van der Waals surface area contributed by atoms with Crippen molar-refractivity contribution >= 4 is 5.91 Å². The van der Waals surface area contributed by atoms with Crippen LogP contribution in [0.15, 0.2) is 41.3 Å². The number of nitrogens with one attached hydrogen (secondary N) is 2. The second-order valence-electron chi connectivity index (χ2n) is 4.41. The molecule has 1 aromatic heterocycles. The first-order valence-corrected chi connectivity index (χ1v) is 6.48. The maximum Gasteiger partial charge on any atom is 0.291 e. The number of benzene rings is 1. The maximum absolute atomic E-state index is 12.8. The molecule has 0 atom stereocenters. The Kier molecular flexibility index (Phi) is 5.26. The molecule has 0 aliphatic heterocycles. The Labute approximate surface area is 125 Å². The third kappa shape index (κ3) is 3.92. The van der Waals surface area contributed by atoms with Crippen molar-refractivity contribution in [1.29, 1.82) is 0 Å². The molecule has 1 heterocycles. The van der Waals surface area contributed by atoms with Crippen LogP contribution in [0.4, 0.5) is 4.39 Å². The van der Waals surface area contributed by atoms with Gasteiger partial charge in [-0.05, 0) is 23.8 Å². The average molecular weight is 306 g/mol. The number of ether oxygens (including phenoxy) is 2. The number of amides is 1. The first-order chi connectivity index (χ1) is 10.6. The van der Waals surface area contributed by atoms with E-state index in [9.17, 15) is 14.0 Å². The second kappa shape index (κ2) is 7.37. The summed E-state index contributed by atoms with van der Waals surface area (Å²) in [5.74, 6) is -0.928. The quantitative estimate of drug-likeness (QED) is 0.791. The number of aromatic amines is 1. The molecule has 2 N–H and O–H groups in total. The van der Waals surface area contributed by atoms with E-state index in [-0.39, 0.29) is 30.5 Å². The lowest BCUT2D eigenvalue weighted by Crippen LogP contribution is -2.26. The van der Waals surface area contributed by atoms with E-state index in [0.717, 1.165) is 5.56 Å². The summed E-state index contributed by atoms with van der Waals surface area (Å²) in [6, 6.07) is 7.18. The van der Waals surface area contributed by atoms with Crippen LogP contribution in [0.25, 0.3) is 0 Å². The van der Waals surface area contributed by atoms with Gasteiger partial charge in [0.15, 0.2) is 12.5 Å². The fraction of sp³-hybridized carbons (Fsp3) is 0.200. The molecular weight excluding hydrogens is 291 g/mol. The number of hydrogen-bond donors (Lipinski definition) is 2. The van der Waals surface area contributed by atoms with Crippen LogP contribution in [0, 0.1) is 5.82 Å². The summed E-state index contributed by atoms with van der Waals surface area (Å²) in [4.78, 5) is 26.3. The highest BCUT2D eigenvalue weighted by atomic mass is 19.1. The van der Waals surface area contributed by atoms with Gasteiger partial charge in [0, 0.05) is 19.9 Å². The van der Waals surface area contributed by atoms with Crippen LogP contribution in [0.3, 0.4) is 0 Å². The van der Waals surface area contributed by atoms with Crippen LogP contribution in [0.1, 0.15) is 15.9 Å². The maximum atomic E-state index is 12.8. The fourth-order valence-electron chi connectivity index (χ4n) is 1.78. The van der Waals surface area contributed by atoms with Crippen LogP contribution in [0.2, 0.25) is 0 Å². The number of rotatable bonds is 6. The number of halogens is 1. The average Bonchev–Trinajstić information content (AvgIpc) is 2.52. The molecule has 0 unspecified atom stereocenters. The number of aromatic nitrogens is 1. The third-order valence-electron chi connectivity index (χ3n) is 2.85. The van der Waals surface area contributed by atoms with Gasteiger partial charge in [-0.2, -0.15) is 0 Å². The molecule has 2 aromatic rings. The van der Waals surface area contributed by atoms with Crippen LogP contribution in [0.5, 0.6) is 5.75 Å². The molecule has 0 spiro atoms. The first kappa shape index (κ1) is 15.7. The molecule has 22 heavy (non-hydrogen) atoms. The predicted molar refractivity (Wildman–Crippen MR) is 77.1 cm³/mol. The van der Waals surface area contributed by atoms with Crippen LogP contribution in [-0.2, 0) is 11.3 Å². The Morgan fingerprint density at radius 3 is 2.68 bits per heavy atom. The van der Waals surface area contributed by atoms with Crippen molar-refractivity contribution in [2.45, 2.75) is 6.54 Å². The molecule has 0 fully saturated rings. The molecule has 0 aliphatic rings. The molecule has 0 aliphatic carbocycles. The lowest BCUT2D eigenvalue weighted by molar-refractivity contribution is 0.0490. The van der Waals surface area contributed by atoms with E-state index in [1.165, 1.54) is 31.5 Å². The standard InChI is InChI=1S/C15H15FN2O4/c1-21-9-22-13-12(6-7-17-15(13)20)14(19)18-8-10-2-4-11(16)5-3-10/h2-7H,8-9H2,1H3,(H,17,20)(H,18,19). The van der Waals surface area contributed by atoms with Crippen molar-refractivity contribution in [3.63, 3.8) is 0 Å². The minimum absolute atomic E-state index is 0.0999. The number of pyridine rings is 1. The highest BCUT2D eigenvalue weighted by molar-refractivity contribution is 5.96. The highest BCUT2D eigenvalue weighted by Gasteiger charge is 2.15. The Morgan fingerprint density at radius 1 is 1.27 bits per heavy atom. The SMILES string of the molecule is COCOc1c(C(=O)NCc2ccc(F)cc2)cc[nH]c1=O. The Hall–Kier alpha value is -2.67. The molecule has 2 rings (SSSR count). The summed E-state index contributed by atoms with van der Waals surface area (Å²) >= 11 is 0. The molecule has 1 amide bonds. The predicted octanol–water partition coefficient (Wildman–Crippen LogP) is 1.43. The van der Waals surface area contributed by atoms with E-state index in [1.54, 1.807) is 12.1 Å². The summed E-state index contributed by atoms with van der Waals surface area (Å²) in [6.07, 6.45) is 1.36. The van der Waals surface area contributed by atoms with E-state index < -0.39 is 11.5 Å². The monoisotopic (exact) mass is 306 g/mol.